The third-order valence-electron chi connectivity index (χ3n) is 4.32. The average molecular weight is 415 g/mol. The zero-order valence-corrected chi connectivity index (χ0v) is 15.2. The van der Waals surface area contributed by atoms with Gasteiger partial charge in [0.25, 0.3) is 11.3 Å². The average Bonchev–Trinajstić information content (AvgIpc) is 3.00. The van der Waals surface area contributed by atoms with Crippen LogP contribution in [0.15, 0.2) is 61.4 Å². The lowest BCUT2D eigenvalue weighted by molar-refractivity contribution is -0.513. The third-order valence-corrected chi connectivity index (χ3v) is 4.32. The smallest absolute Gasteiger partial charge is 0.416 e. The lowest BCUT2D eigenvalue weighted by atomic mass is 10.2. The molecule has 0 fully saturated rings. The Balaban J connectivity index is 1.72. The van der Waals surface area contributed by atoms with Crippen molar-refractivity contribution in [2.24, 2.45) is 0 Å². The molecule has 0 spiro atoms. The van der Waals surface area contributed by atoms with Crippen molar-refractivity contribution in [3.05, 3.63) is 78.3 Å². The van der Waals surface area contributed by atoms with Gasteiger partial charge in [0, 0.05) is 30.2 Å². The van der Waals surface area contributed by atoms with E-state index in [1.165, 1.54) is 15.3 Å². The zero-order valence-electron chi connectivity index (χ0n) is 15.2. The summed E-state index contributed by atoms with van der Waals surface area (Å²) in [6.45, 7) is 0.176. The van der Waals surface area contributed by atoms with E-state index in [9.17, 15) is 23.1 Å². The number of carbonyl (C=O) groups is 1. The molecule has 8 nitrogen and oxygen atoms in total. The lowest BCUT2D eigenvalue weighted by Gasteiger charge is -2.08. The van der Waals surface area contributed by atoms with Gasteiger partial charge in [0.2, 0.25) is 0 Å². The summed E-state index contributed by atoms with van der Waals surface area (Å²) in [5.74, 6) is -1.47. The first kappa shape index (κ1) is 19.3. The van der Waals surface area contributed by atoms with Crippen LogP contribution in [0.1, 0.15) is 21.6 Å². The molecule has 0 saturated carbocycles. The Morgan fingerprint density at radius 1 is 1.20 bits per heavy atom. The van der Waals surface area contributed by atoms with E-state index < -0.39 is 17.6 Å². The van der Waals surface area contributed by atoms with Crippen molar-refractivity contribution in [1.29, 1.82) is 0 Å². The molecule has 152 valence electrons. The Kier molecular flexibility index (Phi) is 4.78. The van der Waals surface area contributed by atoms with Crippen molar-refractivity contribution in [2.75, 3.05) is 5.32 Å². The minimum Gasteiger partial charge on any atom is -0.474 e. The molecule has 0 aromatic carbocycles. The van der Waals surface area contributed by atoms with Crippen molar-refractivity contribution >= 4 is 17.4 Å². The number of amides is 1. The SMILES string of the molecule is O=C(Nc1cc(C(F)(F)F)ccn1)c1c(O)n(Cc2cncnc2)c2cccc[n+]12. The third kappa shape index (κ3) is 3.64. The summed E-state index contributed by atoms with van der Waals surface area (Å²) in [7, 11) is 0. The molecule has 30 heavy (non-hydrogen) atoms. The van der Waals surface area contributed by atoms with E-state index in [0.29, 0.717) is 11.2 Å². The largest absolute Gasteiger partial charge is 0.474 e. The van der Waals surface area contributed by atoms with Crippen molar-refractivity contribution in [3.63, 3.8) is 0 Å². The van der Waals surface area contributed by atoms with Crippen LogP contribution in [-0.4, -0.2) is 30.5 Å². The van der Waals surface area contributed by atoms with Crippen molar-refractivity contribution < 1.29 is 27.5 Å². The van der Waals surface area contributed by atoms with Gasteiger partial charge in [-0.15, -0.1) is 0 Å². The van der Waals surface area contributed by atoms with Gasteiger partial charge < -0.3 is 10.4 Å². The van der Waals surface area contributed by atoms with Crippen LogP contribution in [0.4, 0.5) is 19.0 Å². The van der Waals surface area contributed by atoms with Crippen LogP contribution in [0, 0.1) is 0 Å². The molecule has 4 aromatic rings. The molecular formula is C19H14F3N6O2+. The van der Waals surface area contributed by atoms with E-state index in [-0.39, 0.29) is 23.9 Å². The molecule has 4 aromatic heterocycles. The monoisotopic (exact) mass is 415 g/mol. The second kappa shape index (κ2) is 7.43. The topological polar surface area (TPSA) is 97.0 Å². The van der Waals surface area contributed by atoms with Crippen LogP contribution in [0.25, 0.3) is 5.65 Å². The van der Waals surface area contributed by atoms with E-state index in [1.54, 1.807) is 36.8 Å². The first-order valence-electron chi connectivity index (χ1n) is 8.65. The number of imidazole rings is 1. The lowest BCUT2D eigenvalue weighted by Crippen LogP contribution is -2.30. The van der Waals surface area contributed by atoms with E-state index in [0.717, 1.165) is 18.3 Å². The quantitative estimate of drug-likeness (QED) is 0.499. The minimum absolute atomic E-state index is 0.151. The van der Waals surface area contributed by atoms with E-state index in [4.69, 9.17) is 0 Å². The van der Waals surface area contributed by atoms with Gasteiger partial charge in [0.15, 0.2) is 0 Å². The number of fused-ring (bicyclic) bond motifs is 1. The first-order valence-corrected chi connectivity index (χ1v) is 8.65. The number of aromatic hydroxyl groups is 1. The number of nitrogens with one attached hydrogen (secondary N) is 1. The number of halogens is 3. The normalized spacial score (nSPS) is 11.6. The highest BCUT2D eigenvalue weighted by Crippen LogP contribution is 2.30. The fourth-order valence-corrected chi connectivity index (χ4v) is 3.00. The maximum atomic E-state index is 12.9. The van der Waals surface area contributed by atoms with E-state index in [1.807, 2.05) is 0 Å². The molecular weight excluding hydrogens is 401 g/mol. The van der Waals surface area contributed by atoms with Gasteiger partial charge in [-0.05, 0) is 18.2 Å². The molecule has 0 unspecified atom stereocenters. The molecule has 0 aliphatic carbocycles. The van der Waals surface area contributed by atoms with Gasteiger partial charge in [0.1, 0.15) is 18.7 Å². The molecule has 1 amide bonds. The van der Waals surface area contributed by atoms with Crippen LogP contribution < -0.4 is 9.72 Å². The predicted octanol–water partition coefficient (Wildman–Crippen LogP) is 2.44. The summed E-state index contributed by atoms with van der Waals surface area (Å²) in [6, 6.07) is 6.59. The molecule has 2 N–H and O–H groups in total. The number of nitrogens with zero attached hydrogens (tertiary/aromatic N) is 5. The summed E-state index contributed by atoms with van der Waals surface area (Å²) < 4.78 is 41.6. The van der Waals surface area contributed by atoms with E-state index >= 15 is 0 Å². The maximum absolute atomic E-state index is 12.9. The number of alkyl halides is 3. The Labute approximate surface area is 167 Å². The zero-order chi connectivity index (χ0) is 21.3. The fourth-order valence-electron chi connectivity index (χ4n) is 3.00. The Morgan fingerprint density at radius 3 is 2.70 bits per heavy atom. The molecule has 11 heteroatoms. The standard InChI is InChI=1S/C19H13F3N6O2/c20-19(21,22)13-4-5-25-14(7-13)26-17(29)16-18(30)28(10-12-8-23-11-24-9-12)15-3-1-2-6-27(15)16/h1-9,11H,10H2,(H-,25,26,29,30)/p+1. The summed E-state index contributed by atoms with van der Waals surface area (Å²) in [4.78, 5) is 24.4. The van der Waals surface area contributed by atoms with Gasteiger partial charge in [0.05, 0.1) is 11.8 Å². The number of aromatic nitrogens is 5. The van der Waals surface area contributed by atoms with Gasteiger partial charge >= 0.3 is 18.0 Å². The summed E-state index contributed by atoms with van der Waals surface area (Å²) in [5.41, 5.74) is 0.0690. The van der Waals surface area contributed by atoms with Crippen LogP contribution in [-0.2, 0) is 12.7 Å². The highest BCUT2D eigenvalue weighted by molar-refractivity contribution is 6.03. The number of hydrogen-bond donors (Lipinski definition) is 2. The van der Waals surface area contributed by atoms with Crippen molar-refractivity contribution in [2.45, 2.75) is 12.7 Å². The Bertz CT molecular complexity index is 1220. The molecule has 0 atom stereocenters. The highest BCUT2D eigenvalue weighted by atomic mass is 19.4. The van der Waals surface area contributed by atoms with Gasteiger partial charge in [-0.2, -0.15) is 22.1 Å². The number of anilines is 1. The van der Waals surface area contributed by atoms with Gasteiger partial charge in [-0.3, -0.25) is 4.79 Å². The summed E-state index contributed by atoms with van der Waals surface area (Å²) >= 11 is 0. The van der Waals surface area contributed by atoms with Crippen LogP contribution >= 0.6 is 0 Å². The first-order chi connectivity index (χ1) is 14.3. The second-order valence-electron chi connectivity index (χ2n) is 6.32. The molecule has 0 bridgehead atoms. The van der Waals surface area contributed by atoms with Gasteiger partial charge in [-0.25, -0.2) is 15.0 Å². The maximum Gasteiger partial charge on any atom is 0.416 e. The molecule has 0 saturated heterocycles. The molecule has 4 rings (SSSR count). The predicted molar refractivity (Wildman–Crippen MR) is 97.6 cm³/mol. The summed E-state index contributed by atoms with van der Waals surface area (Å²) in [6.07, 6.45) is 2.43. The highest BCUT2D eigenvalue weighted by Gasteiger charge is 2.33. The number of pyridine rings is 2. The molecule has 0 aliphatic heterocycles. The fraction of sp³-hybridized carbons (Fsp3) is 0.105. The van der Waals surface area contributed by atoms with Crippen LogP contribution in [0.5, 0.6) is 5.88 Å². The van der Waals surface area contributed by atoms with Crippen LogP contribution in [0.3, 0.4) is 0 Å². The Hall–Kier alpha value is -4.02. The molecule has 0 aliphatic rings. The Morgan fingerprint density at radius 2 is 1.97 bits per heavy atom. The second-order valence-corrected chi connectivity index (χ2v) is 6.32. The number of rotatable bonds is 4. The summed E-state index contributed by atoms with van der Waals surface area (Å²) in [5, 5.41) is 13.1. The van der Waals surface area contributed by atoms with Crippen LogP contribution in [0.2, 0.25) is 0 Å². The number of hydrogen-bond acceptors (Lipinski definition) is 5. The van der Waals surface area contributed by atoms with Crippen molar-refractivity contribution in [1.82, 2.24) is 19.5 Å². The van der Waals surface area contributed by atoms with E-state index in [2.05, 4.69) is 20.3 Å². The number of carbonyl (C=O) groups excluding carboxylic acids is 1. The minimum atomic E-state index is -4.58. The van der Waals surface area contributed by atoms with Crippen molar-refractivity contribution in [3.8, 4) is 5.88 Å². The molecule has 4 heterocycles. The van der Waals surface area contributed by atoms with Gasteiger partial charge in [-0.1, -0.05) is 6.07 Å². The molecule has 0 radical (unpaired) electrons.